The monoisotopic (exact) mass is 175 g/mol. The van der Waals surface area contributed by atoms with Gasteiger partial charge in [0.1, 0.15) is 0 Å². The van der Waals surface area contributed by atoms with Crippen molar-refractivity contribution in [3.8, 4) is 0 Å². The lowest BCUT2D eigenvalue weighted by Crippen LogP contribution is -2.19. The van der Waals surface area contributed by atoms with E-state index in [-0.39, 0.29) is 0 Å². The number of hydrogen-bond donors (Lipinski definition) is 1. The van der Waals surface area contributed by atoms with E-state index in [4.69, 9.17) is 5.73 Å². The van der Waals surface area contributed by atoms with E-state index in [9.17, 15) is 0 Å². The number of rotatable bonds is 1. The Balaban J connectivity index is 2.42. The summed E-state index contributed by atoms with van der Waals surface area (Å²) in [6, 6.07) is 8.75. The number of benzene rings is 1. The molecule has 0 radical (unpaired) electrons. The van der Waals surface area contributed by atoms with Crippen LogP contribution in [0.3, 0.4) is 0 Å². The second-order valence-electron chi connectivity index (χ2n) is 4.04. The van der Waals surface area contributed by atoms with E-state index >= 15 is 0 Å². The average Bonchev–Trinajstić information content (AvgIpc) is 2.19. The highest BCUT2D eigenvalue weighted by Gasteiger charge is 2.22. The molecule has 1 nitrogen and oxygen atoms in total. The van der Waals surface area contributed by atoms with Gasteiger partial charge in [-0.2, -0.15) is 0 Å². The number of fused-ring (bicyclic) bond motifs is 1. The molecule has 1 heteroatoms. The van der Waals surface area contributed by atoms with Gasteiger partial charge in [-0.1, -0.05) is 31.2 Å². The molecule has 0 amide bonds. The predicted octanol–water partition coefficient (Wildman–Crippen LogP) is 2.63. The average molecular weight is 175 g/mol. The molecule has 1 aromatic rings. The molecule has 0 heterocycles. The van der Waals surface area contributed by atoms with E-state index in [1.165, 1.54) is 24.0 Å². The Morgan fingerprint density at radius 1 is 1.23 bits per heavy atom. The van der Waals surface area contributed by atoms with Crippen LogP contribution in [0.4, 0.5) is 0 Å². The minimum atomic E-state index is 0.604. The molecule has 0 saturated heterocycles. The summed E-state index contributed by atoms with van der Waals surface area (Å²) in [5, 5.41) is 0. The van der Waals surface area contributed by atoms with Crippen molar-refractivity contribution >= 4 is 0 Å². The topological polar surface area (TPSA) is 26.0 Å². The normalized spacial score (nSPS) is 26.9. The maximum absolute atomic E-state index is 5.76. The second-order valence-corrected chi connectivity index (χ2v) is 4.04. The van der Waals surface area contributed by atoms with Crippen LogP contribution in [-0.2, 0) is 0 Å². The first-order chi connectivity index (χ1) is 6.33. The zero-order valence-corrected chi connectivity index (χ0v) is 8.16. The van der Waals surface area contributed by atoms with Crippen LogP contribution in [0, 0.1) is 0 Å². The van der Waals surface area contributed by atoms with Crippen molar-refractivity contribution in [2.45, 2.75) is 31.6 Å². The van der Waals surface area contributed by atoms with E-state index in [2.05, 4.69) is 31.2 Å². The van der Waals surface area contributed by atoms with E-state index in [1.807, 2.05) is 0 Å². The van der Waals surface area contributed by atoms with Crippen LogP contribution in [0.2, 0.25) is 0 Å². The van der Waals surface area contributed by atoms with E-state index in [1.54, 1.807) is 0 Å². The maximum Gasteiger partial charge on any atom is -0.000813 e. The first-order valence-electron chi connectivity index (χ1n) is 5.12. The number of nitrogens with two attached hydrogens (primary N) is 1. The van der Waals surface area contributed by atoms with Gasteiger partial charge < -0.3 is 5.73 Å². The van der Waals surface area contributed by atoms with Crippen molar-refractivity contribution in [3.05, 3.63) is 35.4 Å². The first kappa shape index (κ1) is 8.76. The Morgan fingerprint density at radius 2 is 1.92 bits per heavy atom. The molecule has 2 N–H and O–H groups in total. The van der Waals surface area contributed by atoms with Gasteiger partial charge in [-0.15, -0.1) is 0 Å². The molecule has 1 aliphatic rings. The van der Waals surface area contributed by atoms with E-state index in [0.717, 1.165) is 12.5 Å². The molecule has 0 spiro atoms. The highest BCUT2D eigenvalue weighted by atomic mass is 14.6. The van der Waals surface area contributed by atoms with Gasteiger partial charge in [-0.3, -0.25) is 0 Å². The molecule has 13 heavy (non-hydrogen) atoms. The Bertz CT molecular complexity index is 293. The van der Waals surface area contributed by atoms with Crippen LogP contribution >= 0.6 is 0 Å². The fourth-order valence-corrected chi connectivity index (χ4v) is 2.34. The van der Waals surface area contributed by atoms with Gasteiger partial charge in [-0.25, -0.2) is 0 Å². The molecular weight excluding hydrogens is 158 g/mol. The third-order valence-electron chi connectivity index (χ3n) is 3.20. The minimum Gasteiger partial charge on any atom is -0.330 e. The van der Waals surface area contributed by atoms with Crippen molar-refractivity contribution in [1.82, 2.24) is 0 Å². The van der Waals surface area contributed by atoms with Crippen molar-refractivity contribution in [3.63, 3.8) is 0 Å². The summed E-state index contributed by atoms with van der Waals surface area (Å²) >= 11 is 0. The highest BCUT2D eigenvalue weighted by molar-refractivity contribution is 5.35. The van der Waals surface area contributed by atoms with E-state index < -0.39 is 0 Å². The quantitative estimate of drug-likeness (QED) is 0.697. The summed E-state index contributed by atoms with van der Waals surface area (Å²) in [5.41, 5.74) is 8.77. The van der Waals surface area contributed by atoms with Gasteiger partial charge in [0.05, 0.1) is 0 Å². The van der Waals surface area contributed by atoms with Crippen molar-refractivity contribution in [2.75, 3.05) is 6.54 Å². The molecular formula is C12H17N. The standard InChI is InChI=1S/C12H17N/c1-9-6-7-10(8-13)12-5-3-2-4-11(9)12/h2-5,9-10H,6-8,13H2,1H3. The molecule has 0 saturated carbocycles. The third-order valence-corrected chi connectivity index (χ3v) is 3.20. The molecule has 0 aliphatic heterocycles. The van der Waals surface area contributed by atoms with Crippen molar-refractivity contribution < 1.29 is 0 Å². The van der Waals surface area contributed by atoms with E-state index in [0.29, 0.717) is 5.92 Å². The van der Waals surface area contributed by atoms with Crippen LogP contribution in [0.5, 0.6) is 0 Å². The summed E-state index contributed by atoms with van der Waals surface area (Å²) in [6.45, 7) is 3.11. The lowest BCUT2D eigenvalue weighted by atomic mass is 9.77. The fourth-order valence-electron chi connectivity index (χ4n) is 2.34. The van der Waals surface area contributed by atoms with Gasteiger partial charge in [0.25, 0.3) is 0 Å². The molecule has 2 rings (SSSR count). The second kappa shape index (κ2) is 3.51. The van der Waals surface area contributed by atoms with Gasteiger partial charge in [0.2, 0.25) is 0 Å². The minimum absolute atomic E-state index is 0.604. The Labute approximate surface area is 80.0 Å². The Kier molecular flexibility index (Phi) is 2.36. The van der Waals surface area contributed by atoms with Crippen molar-refractivity contribution in [1.29, 1.82) is 0 Å². The van der Waals surface area contributed by atoms with Crippen LogP contribution in [0.25, 0.3) is 0 Å². The maximum atomic E-state index is 5.76. The molecule has 0 bridgehead atoms. The van der Waals surface area contributed by atoms with Crippen LogP contribution < -0.4 is 5.73 Å². The van der Waals surface area contributed by atoms with Crippen molar-refractivity contribution in [2.24, 2.45) is 5.73 Å². The largest absolute Gasteiger partial charge is 0.330 e. The van der Waals surface area contributed by atoms with Gasteiger partial charge in [-0.05, 0) is 42.3 Å². The first-order valence-corrected chi connectivity index (χ1v) is 5.12. The van der Waals surface area contributed by atoms with Crippen LogP contribution in [-0.4, -0.2) is 6.54 Å². The molecule has 2 unspecified atom stereocenters. The Morgan fingerprint density at radius 3 is 2.62 bits per heavy atom. The summed E-state index contributed by atoms with van der Waals surface area (Å²) in [7, 11) is 0. The zero-order chi connectivity index (χ0) is 9.26. The summed E-state index contributed by atoms with van der Waals surface area (Å²) < 4.78 is 0. The highest BCUT2D eigenvalue weighted by Crippen LogP contribution is 2.37. The third kappa shape index (κ3) is 1.49. The lowest BCUT2D eigenvalue weighted by Gasteiger charge is -2.28. The smallest absolute Gasteiger partial charge is 0.000813 e. The van der Waals surface area contributed by atoms with Gasteiger partial charge in [0.15, 0.2) is 0 Å². The van der Waals surface area contributed by atoms with Crippen LogP contribution in [0.15, 0.2) is 24.3 Å². The molecule has 1 aliphatic carbocycles. The van der Waals surface area contributed by atoms with Crippen LogP contribution in [0.1, 0.15) is 42.7 Å². The molecule has 70 valence electrons. The summed E-state index contributed by atoms with van der Waals surface area (Å²) in [6.07, 6.45) is 2.55. The lowest BCUT2D eigenvalue weighted by molar-refractivity contribution is 0.508. The molecule has 0 aromatic heterocycles. The molecule has 2 atom stereocenters. The SMILES string of the molecule is CC1CCC(CN)c2ccccc21. The summed E-state index contributed by atoms with van der Waals surface area (Å²) in [4.78, 5) is 0. The molecule has 1 aromatic carbocycles. The number of hydrogen-bond acceptors (Lipinski definition) is 1. The summed E-state index contributed by atoms with van der Waals surface area (Å²) in [5.74, 6) is 1.33. The molecule has 0 fully saturated rings. The van der Waals surface area contributed by atoms with Gasteiger partial charge in [0, 0.05) is 0 Å². The zero-order valence-electron chi connectivity index (χ0n) is 8.16. The Hall–Kier alpha value is -0.820. The van der Waals surface area contributed by atoms with Gasteiger partial charge >= 0.3 is 0 Å². The predicted molar refractivity (Wildman–Crippen MR) is 55.9 cm³/mol. The fraction of sp³-hybridized carbons (Fsp3) is 0.500.